The van der Waals surface area contributed by atoms with Gasteiger partial charge in [-0.3, -0.25) is 0 Å². The van der Waals surface area contributed by atoms with Crippen LogP contribution in [-0.2, 0) is 0 Å². The second-order valence-corrected chi connectivity index (χ2v) is 3.96. The summed E-state index contributed by atoms with van der Waals surface area (Å²) in [5.74, 6) is -0.119. The lowest BCUT2D eigenvalue weighted by atomic mass is 10.0. The lowest BCUT2D eigenvalue weighted by Crippen LogP contribution is -2.17. The van der Waals surface area contributed by atoms with Crippen molar-refractivity contribution in [1.82, 2.24) is 4.98 Å². The molecule has 0 unspecified atom stereocenters. The molecule has 0 saturated heterocycles. The molecule has 1 heterocycles. The fraction of sp³-hybridized carbons (Fsp3) is 0.143. The average Bonchev–Trinajstić information content (AvgIpc) is 2.46. The van der Waals surface area contributed by atoms with E-state index in [1.165, 1.54) is 25.4 Å². The first-order chi connectivity index (χ1) is 9.93. The highest BCUT2D eigenvalue weighted by atomic mass is 19.4. The molecule has 0 atom stereocenters. The third-order valence-electron chi connectivity index (χ3n) is 2.60. The number of nitrogens with zero attached hydrogens (tertiary/aromatic N) is 2. The zero-order chi connectivity index (χ0) is 15.5. The number of hydrogen-bond donors (Lipinski definition) is 0. The van der Waals surface area contributed by atoms with E-state index in [4.69, 9.17) is 10.00 Å². The molecule has 0 amide bonds. The van der Waals surface area contributed by atoms with Crippen molar-refractivity contribution < 1.29 is 22.6 Å². The quantitative estimate of drug-likeness (QED) is 0.869. The number of rotatable bonds is 3. The monoisotopic (exact) mass is 294 g/mol. The first-order valence-electron chi connectivity index (χ1n) is 5.73. The van der Waals surface area contributed by atoms with E-state index >= 15 is 0 Å². The van der Waals surface area contributed by atoms with Gasteiger partial charge in [0.1, 0.15) is 11.8 Å². The Kier molecular flexibility index (Phi) is 3.98. The molecule has 0 aliphatic carbocycles. The van der Waals surface area contributed by atoms with E-state index in [0.717, 1.165) is 6.07 Å². The van der Waals surface area contributed by atoms with Gasteiger partial charge in [-0.1, -0.05) is 6.07 Å². The minimum Gasteiger partial charge on any atom is -0.481 e. The van der Waals surface area contributed by atoms with Crippen LogP contribution in [0.1, 0.15) is 5.56 Å². The second-order valence-electron chi connectivity index (χ2n) is 3.96. The van der Waals surface area contributed by atoms with E-state index < -0.39 is 12.1 Å². The largest absolute Gasteiger partial charge is 0.573 e. The molecule has 21 heavy (non-hydrogen) atoms. The number of nitriles is 1. The highest BCUT2D eigenvalue weighted by molar-refractivity contribution is 5.66. The van der Waals surface area contributed by atoms with Crippen molar-refractivity contribution in [3.63, 3.8) is 0 Å². The van der Waals surface area contributed by atoms with E-state index in [1.807, 2.05) is 0 Å². The number of alkyl halides is 3. The maximum absolute atomic E-state index is 12.2. The van der Waals surface area contributed by atoms with Gasteiger partial charge in [-0.25, -0.2) is 4.98 Å². The maximum atomic E-state index is 12.2. The number of benzene rings is 1. The van der Waals surface area contributed by atoms with Gasteiger partial charge in [-0.2, -0.15) is 5.26 Å². The highest BCUT2D eigenvalue weighted by Crippen LogP contribution is 2.30. The fourth-order valence-electron chi connectivity index (χ4n) is 1.68. The van der Waals surface area contributed by atoms with Gasteiger partial charge in [0.15, 0.2) is 0 Å². The Morgan fingerprint density at radius 3 is 2.38 bits per heavy atom. The Balaban J connectivity index is 2.36. The molecule has 4 nitrogen and oxygen atoms in total. The smallest absolute Gasteiger partial charge is 0.481 e. The normalized spacial score (nSPS) is 10.8. The van der Waals surface area contributed by atoms with Gasteiger partial charge in [-0.15, -0.1) is 13.2 Å². The number of aromatic nitrogens is 1. The minimum absolute atomic E-state index is 0.208. The number of halogens is 3. The summed E-state index contributed by atoms with van der Waals surface area (Å²) in [6.07, 6.45) is -3.34. The van der Waals surface area contributed by atoms with E-state index in [0.29, 0.717) is 17.0 Å². The zero-order valence-corrected chi connectivity index (χ0v) is 10.8. The Hall–Kier alpha value is -2.75. The van der Waals surface area contributed by atoms with Crippen molar-refractivity contribution in [3.8, 4) is 28.8 Å². The SMILES string of the molecule is COc1ccc(-c2ccc(OC(F)(F)F)c(C#N)c2)cn1. The van der Waals surface area contributed by atoms with Crippen molar-refractivity contribution in [2.45, 2.75) is 6.36 Å². The molecule has 0 fully saturated rings. The Morgan fingerprint density at radius 1 is 1.14 bits per heavy atom. The fourth-order valence-corrected chi connectivity index (χ4v) is 1.68. The number of hydrogen-bond acceptors (Lipinski definition) is 4. The third kappa shape index (κ3) is 3.63. The second kappa shape index (κ2) is 5.71. The van der Waals surface area contributed by atoms with Gasteiger partial charge in [-0.05, 0) is 23.8 Å². The summed E-state index contributed by atoms with van der Waals surface area (Å²) in [6.45, 7) is 0. The van der Waals surface area contributed by atoms with Gasteiger partial charge in [0.05, 0.1) is 12.7 Å². The highest BCUT2D eigenvalue weighted by Gasteiger charge is 2.32. The number of methoxy groups -OCH3 is 1. The van der Waals surface area contributed by atoms with Crippen LogP contribution in [0.5, 0.6) is 11.6 Å². The summed E-state index contributed by atoms with van der Waals surface area (Å²) in [7, 11) is 1.47. The molecule has 2 rings (SSSR count). The van der Waals surface area contributed by atoms with Gasteiger partial charge < -0.3 is 9.47 Å². The predicted molar refractivity (Wildman–Crippen MR) is 67.6 cm³/mol. The van der Waals surface area contributed by atoms with Gasteiger partial charge in [0, 0.05) is 17.8 Å². The topological polar surface area (TPSA) is 55.1 Å². The van der Waals surface area contributed by atoms with Crippen molar-refractivity contribution in [2.75, 3.05) is 7.11 Å². The van der Waals surface area contributed by atoms with Crippen LogP contribution in [0, 0.1) is 11.3 Å². The van der Waals surface area contributed by atoms with E-state index in [-0.39, 0.29) is 5.56 Å². The summed E-state index contributed by atoms with van der Waals surface area (Å²) >= 11 is 0. The van der Waals surface area contributed by atoms with Crippen LogP contribution in [0.25, 0.3) is 11.1 Å². The van der Waals surface area contributed by atoms with Crippen molar-refractivity contribution >= 4 is 0 Å². The molecular weight excluding hydrogens is 285 g/mol. The Labute approximate surface area is 118 Å². The van der Waals surface area contributed by atoms with E-state index in [1.54, 1.807) is 18.2 Å². The molecule has 1 aromatic carbocycles. The number of pyridine rings is 1. The van der Waals surface area contributed by atoms with Crippen LogP contribution in [0.2, 0.25) is 0 Å². The standard InChI is InChI=1S/C14H9F3N2O2/c1-20-13-5-3-10(8-19-13)9-2-4-12(11(6-9)7-18)21-14(15,16)17/h2-6,8H,1H3. The summed E-state index contributed by atoms with van der Waals surface area (Å²) in [5, 5.41) is 8.94. The van der Waals surface area contributed by atoms with Crippen LogP contribution in [0.15, 0.2) is 36.5 Å². The van der Waals surface area contributed by atoms with Crippen molar-refractivity contribution in [1.29, 1.82) is 5.26 Å². The van der Waals surface area contributed by atoms with Crippen LogP contribution in [0.4, 0.5) is 13.2 Å². The number of ether oxygens (including phenoxy) is 2. The molecule has 2 aromatic rings. The molecule has 0 saturated carbocycles. The van der Waals surface area contributed by atoms with Crippen LogP contribution in [-0.4, -0.2) is 18.5 Å². The van der Waals surface area contributed by atoms with Crippen LogP contribution in [0.3, 0.4) is 0 Å². The molecular formula is C14H9F3N2O2. The van der Waals surface area contributed by atoms with Crippen LogP contribution < -0.4 is 9.47 Å². The van der Waals surface area contributed by atoms with Gasteiger partial charge in [0.25, 0.3) is 0 Å². The van der Waals surface area contributed by atoms with E-state index in [9.17, 15) is 13.2 Å². The molecule has 7 heteroatoms. The molecule has 0 spiro atoms. The molecule has 0 N–H and O–H groups in total. The molecule has 0 bridgehead atoms. The van der Waals surface area contributed by atoms with Gasteiger partial charge in [0.2, 0.25) is 5.88 Å². The molecule has 0 aliphatic heterocycles. The minimum atomic E-state index is -4.84. The lowest BCUT2D eigenvalue weighted by Gasteiger charge is -2.11. The molecule has 0 aliphatic rings. The van der Waals surface area contributed by atoms with Crippen molar-refractivity contribution in [3.05, 3.63) is 42.1 Å². The van der Waals surface area contributed by atoms with Crippen LogP contribution >= 0.6 is 0 Å². The van der Waals surface area contributed by atoms with Crippen molar-refractivity contribution in [2.24, 2.45) is 0 Å². The third-order valence-corrected chi connectivity index (χ3v) is 2.60. The molecule has 0 radical (unpaired) electrons. The predicted octanol–water partition coefficient (Wildman–Crippen LogP) is 3.53. The molecule has 108 valence electrons. The summed E-state index contributed by atoms with van der Waals surface area (Å²) in [5.41, 5.74) is 0.989. The summed E-state index contributed by atoms with van der Waals surface area (Å²) < 4.78 is 45.3. The Morgan fingerprint density at radius 2 is 1.86 bits per heavy atom. The zero-order valence-electron chi connectivity index (χ0n) is 10.8. The first kappa shape index (κ1) is 14.7. The molecule has 1 aromatic heterocycles. The van der Waals surface area contributed by atoms with E-state index in [2.05, 4.69) is 9.72 Å². The lowest BCUT2D eigenvalue weighted by molar-refractivity contribution is -0.274. The summed E-state index contributed by atoms with van der Waals surface area (Å²) in [6, 6.07) is 8.82. The maximum Gasteiger partial charge on any atom is 0.573 e. The first-order valence-corrected chi connectivity index (χ1v) is 5.73. The Bertz CT molecular complexity index is 676. The van der Waals surface area contributed by atoms with Gasteiger partial charge >= 0.3 is 6.36 Å². The summed E-state index contributed by atoms with van der Waals surface area (Å²) in [4.78, 5) is 3.99. The average molecular weight is 294 g/mol.